The largest absolute Gasteiger partial charge is 0.481 e. The Balaban J connectivity index is 2.03. The minimum absolute atomic E-state index is 0.124. The average Bonchev–Trinajstić information content (AvgIpc) is 2.65. The van der Waals surface area contributed by atoms with Crippen LogP contribution in [0.4, 0.5) is 0 Å². The maximum absolute atomic E-state index is 11.0. The number of aromatic nitrogens is 1. The van der Waals surface area contributed by atoms with E-state index >= 15 is 0 Å². The Kier molecular flexibility index (Phi) is 2.44. The number of carboxylic acids is 1. The lowest BCUT2D eigenvalue weighted by Gasteiger charge is -2.34. The molecule has 94 valence electrons. The number of fused-ring (bicyclic) bond motifs is 3. The molecule has 3 rings (SSSR count). The third kappa shape index (κ3) is 1.80. The molecule has 0 fully saturated rings. The predicted molar refractivity (Wildman–Crippen MR) is 70.6 cm³/mol. The second-order valence-electron chi connectivity index (χ2n) is 5.66. The normalized spacial score (nSPS) is 22.9. The predicted octanol–water partition coefficient (Wildman–Crippen LogP) is 3.07. The fraction of sp³-hybridized carbons (Fsp3) is 0.400. The maximum Gasteiger partial charge on any atom is 0.303 e. The number of benzene rings is 1. The molecule has 2 aromatic rings. The van der Waals surface area contributed by atoms with Crippen molar-refractivity contribution >= 4 is 16.9 Å². The molecule has 0 spiro atoms. The van der Waals surface area contributed by atoms with Crippen LogP contribution in [0.1, 0.15) is 25.5 Å². The molecule has 1 atom stereocenters. The minimum atomic E-state index is -0.697. The molecule has 1 N–H and O–H groups in total. The van der Waals surface area contributed by atoms with Gasteiger partial charge in [0.05, 0.1) is 6.42 Å². The summed E-state index contributed by atoms with van der Waals surface area (Å²) in [5, 5.41) is 10.3. The number of para-hydroxylation sites is 1. The van der Waals surface area contributed by atoms with Crippen molar-refractivity contribution in [2.75, 3.05) is 0 Å². The summed E-state index contributed by atoms with van der Waals surface area (Å²) in [6.07, 6.45) is 2.17. The molecule has 1 aliphatic heterocycles. The van der Waals surface area contributed by atoms with E-state index in [-0.39, 0.29) is 11.8 Å². The van der Waals surface area contributed by atoms with Crippen LogP contribution in [0.5, 0.6) is 0 Å². The lowest BCUT2D eigenvalue weighted by atomic mass is 9.79. The molecule has 0 bridgehead atoms. The van der Waals surface area contributed by atoms with Gasteiger partial charge >= 0.3 is 5.97 Å². The average molecular weight is 243 g/mol. The number of carboxylic acid groups (broad SMARTS) is 1. The standard InChI is InChI=1S/C15H17NO2/c1-15(9-14(17)18)7-6-12-8-11-4-2-3-5-13(11)16(12)10-15/h2-5,8H,6-7,9-10H2,1H3,(H,17,18). The summed E-state index contributed by atoms with van der Waals surface area (Å²) < 4.78 is 2.29. The van der Waals surface area contributed by atoms with E-state index in [1.807, 2.05) is 12.1 Å². The van der Waals surface area contributed by atoms with Crippen molar-refractivity contribution in [1.82, 2.24) is 4.57 Å². The smallest absolute Gasteiger partial charge is 0.303 e. The topological polar surface area (TPSA) is 42.2 Å². The van der Waals surface area contributed by atoms with E-state index in [1.54, 1.807) is 0 Å². The molecule has 0 saturated carbocycles. The summed E-state index contributed by atoms with van der Waals surface area (Å²) in [4.78, 5) is 11.0. The van der Waals surface area contributed by atoms with Crippen molar-refractivity contribution in [1.29, 1.82) is 0 Å². The van der Waals surface area contributed by atoms with Crippen LogP contribution >= 0.6 is 0 Å². The molecule has 1 aromatic heterocycles. The lowest BCUT2D eigenvalue weighted by molar-refractivity contribution is -0.140. The van der Waals surface area contributed by atoms with Gasteiger partial charge in [-0.25, -0.2) is 0 Å². The second-order valence-corrected chi connectivity index (χ2v) is 5.66. The Bertz CT molecular complexity index is 614. The summed E-state index contributed by atoms with van der Waals surface area (Å²) >= 11 is 0. The first-order valence-electron chi connectivity index (χ1n) is 6.36. The first kappa shape index (κ1) is 11.3. The second kappa shape index (κ2) is 3.87. The zero-order valence-corrected chi connectivity index (χ0v) is 10.5. The molecular weight excluding hydrogens is 226 g/mol. The summed E-state index contributed by atoms with van der Waals surface area (Å²) in [7, 11) is 0. The van der Waals surface area contributed by atoms with E-state index in [0.29, 0.717) is 0 Å². The van der Waals surface area contributed by atoms with Crippen molar-refractivity contribution in [3.8, 4) is 0 Å². The van der Waals surface area contributed by atoms with Crippen molar-refractivity contribution in [2.45, 2.75) is 32.7 Å². The molecular formula is C15H17NO2. The van der Waals surface area contributed by atoms with Crippen molar-refractivity contribution in [3.05, 3.63) is 36.0 Å². The molecule has 1 aliphatic rings. The summed E-state index contributed by atoms with van der Waals surface area (Å²) in [5.74, 6) is -0.697. The number of hydrogen-bond acceptors (Lipinski definition) is 1. The zero-order valence-electron chi connectivity index (χ0n) is 10.5. The molecule has 0 amide bonds. The highest BCUT2D eigenvalue weighted by Gasteiger charge is 2.32. The number of aliphatic carboxylic acids is 1. The van der Waals surface area contributed by atoms with Gasteiger partial charge in [0, 0.05) is 17.8 Å². The molecule has 2 heterocycles. The lowest BCUT2D eigenvalue weighted by Crippen LogP contribution is -2.32. The summed E-state index contributed by atoms with van der Waals surface area (Å²) in [5.41, 5.74) is 2.43. The van der Waals surface area contributed by atoms with Crippen LogP contribution < -0.4 is 0 Å². The zero-order chi connectivity index (χ0) is 12.8. The van der Waals surface area contributed by atoms with Crippen molar-refractivity contribution in [3.63, 3.8) is 0 Å². The highest BCUT2D eigenvalue weighted by atomic mass is 16.4. The first-order chi connectivity index (χ1) is 8.57. The molecule has 0 saturated heterocycles. The van der Waals surface area contributed by atoms with E-state index in [9.17, 15) is 4.79 Å². The fourth-order valence-electron chi connectivity index (χ4n) is 3.06. The minimum Gasteiger partial charge on any atom is -0.481 e. The van der Waals surface area contributed by atoms with E-state index in [0.717, 1.165) is 19.4 Å². The van der Waals surface area contributed by atoms with E-state index < -0.39 is 5.97 Å². The highest BCUT2D eigenvalue weighted by molar-refractivity contribution is 5.81. The molecule has 0 radical (unpaired) electrons. The highest BCUT2D eigenvalue weighted by Crippen LogP contribution is 2.37. The van der Waals surface area contributed by atoms with Gasteiger partial charge < -0.3 is 9.67 Å². The third-order valence-electron chi connectivity index (χ3n) is 4.00. The molecule has 3 heteroatoms. The molecule has 18 heavy (non-hydrogen) atoms. The first-order valence-corrected chi connectivity index (χ1v) is 6.36. The Morgan fingerprint density at radius 3 is 3.00 bits per heavy atom. The van der Waals surface area contributed by atoms with Gasteiger partial charge in [-0.3, -0.25) is 4.79 Å². The fourth-order valence-corrected chi connectivity index (χ4v) is 3.06. The van der Waals surface area contributed by atoms with E-state index in [4.69, 9.17) is 5.11 Å². The van der Waals surface area contributed by atoms with Gasteiger partial charge in [-0.1, -0.05) is 25.1 Å². The Labute approximate surface area is 106 Å². The molecule has 1 aromatic carbocycles. The van der Waals surface area contributed by atoms with Crippen LogP contribution in [-0.4, -0.2) is 15.6 Å². The Morgan fingerprint density at radius 1 is 1.44 bits per heavy atom. The number of hydrogen-bond donors (Lipinski definition) is 1. The van der Waals surface area contributed by atoms with Gasteiger partial charge in [0.25, 0.3) is 0 Å². The van der Waals surface area contributed by atoms with Gasteiger partial charge in [-0.2, -0.15) is 0 Å². The SMILES string of the molecule is CC1(CC(=O)O)CCc2cc3ccccc3n2C1. The maximum atomic E-state index is 11.0. The number of carbonyl (C=O) groups is 1. The summed E-state index contributed by atoms with van der Waals surface area (Å²) in [6.45, 7) is 2.89. The van der Waals surface area contributed by atoms with Gasteiger partial charge in [0.1, 0.15) is 0 Å². The monoisotopic (exact) mass is 243 g/mol. The summed E-state index contributed by atoms with van der Waals surface area (Å²) in [6, 6.07) is 10.6. The van der Waals surface area contributed by atoms with E-state index in [2.05, 4.69) is 29.7 Å². The van der Waals surface area contributed by atoms with E-state index in [1.165, 1.54) is 16.6 Å². The third-order valence-corrected chi connectivity index (χ3v) is 4.00. The van der Waals surface area contributed by atoms with Crippen LogP contribution in [-0.2, 0) is 17.8 Å². The van der Waals surface area contributed by atoms with Crippen LogP contribution in [0.25, 0.3) is 10.9 Å². The molecule has 0 aliphatic carbocycles. The van der Waals surface area contributed by atoms with Crippen molar-refractivity contribution < 1.29 is 9.90 Å². The van der Waals surface area contributed by atoms with Crippen LogP contribution in [0.3, 0.4) is 0 Å². The molecule has 1 unspecified atom stereocenters. The van der Waals surface area contributed by atoms with Crippen molar-refractivity contribution in [2.24, 2.45) is 5.41 Å². The Morgan fingerprint density at radius 2 is 2.22 bits per heavy atom. The van der Waals surface area contributed by atoms with Gasteiger partial charge in [0.15, 0.2) is 0 Å². The van der Waals surface area contributed by atoms with Crippen LogP contribution in [0, 0.1) is 5.41 Å². The number of rotatable bonds is 2. The number of aryl methyl sites for hydroxylation is 1. The molecule has 3 nitrogen and oxygen atoms in total. The van der Waals surface area contributed by atoms with Crippen LogP contribution in [0.15, 0.2) is 30.3 Å². The van der Waals surface area contributed by atoms with Gasteiger partial charge in [-0.05, 0) is 35.8 Å². The quantitative estimate of drug-likeness (QED) is 0.880. The van der Waals surface area contributed by atoms with Gasteiger partial charge in [-0.15, -0.1) is 0 Å². The number of nitrogens with zero attached hydrogens (tertiary/aromatic N) is 1. The van der Waals surface area contributed by atoms with Crippen LogP contribution in [0.2, 0.25) is 0 Å². The van der Waals surface area contributed by atoms with Gasteiger partial charge in [0.2, 0.25) is 0 Å². The Hall–Kier alpha value is -1.77.